The molecule has 3 heteroatoms. The van der Waals surface area contributed by atoms with Crippen LogP contribution >= 0.6 is 11.6 Å². The fourth-order valence-electron chi connectivity index (χ4n) is 3.18. The molecule has 2 rings (SSSR count). The van der Waals surface area contributed by atoms with Crippen molar-refractivity contribution in [3.05, 3.63) is 34.6 Å². The van der Waals surface area contributed by atoms with Gasteiger partial charge < -0.3 is 5.32 Å². The maximum absolute atomic E-state index is 14.1. The highest BCUT2D eigenvalue weighted by Gasteiger charge is 2.22. The van der Waals surface area contributed by atoms with Gasteiger partial charge >= 0.3 is 0 Å². The molecule has 1 aromatic rings. The zero-order valence-corrected chi connectivity index (χ0v) is 13.1. The molecule has 1 atom stereocenters. The minimum absolute atomic E-state index is 0.0942. The van der Waals surface area contributed by atoms with Crippen molar-refractivity contribution in [2.24, 2.45) is 5.92 Å². The molecule has 1 aliphatic carbocycles. The van der Waals surface area contributed by atoms with E-state index in [9.17, 15) is 4.39 Å². The van der Waals surface area contributed by atoms with Crippen LogP contribution in [0.2, 0.25) is 5.02 Å². The van der Waals surface area contributed by atoms with E-state index in [1.165, 1.54) is 38.2 Å². The molecule has 0 amide bonds. The first-order chi connectivity index (χ1) is 9.70. The predicted octanol–water partition coefficient (Wildman–Crippen LogP) is 5.49. The maximum atomic E-state index is 14.1. The normalized spacial score (nSPS) is 18.1. The number of hydrogen-bond donors (Lipinski definition) is 1. The summed E-state index contributed by atoms with van der Waals surface area (Å²) in [5.74, 6) is 0.579. The van der Waals surface area contributed by atoms with Gasteiger partial charge in [0.2, 0.25) is 0 Å². The fraction of sp³-hybridized carbons (Fsp3) is 0.647. The number of nitrogens with one attached hydrogen (secondary N) is 1. The maximum Gasteiger partial charge on any atom is 0.128 e. The molecule has 1 fully saturated rings. The summed E-state index contributed by atoms with van der Waals surface area (Å²) in [6.45, 7) is 3.06. The monoisotopic (exact) mass is 297 g/mol. The van der Waals surface area contributed by atoms with E-state index in [0.29, 0.717) is 5.02 Å². The molecule has 0 radical (unpaired) electrons. The third kappa shape index (κ3) is 4.46. The van der Waals surface area contributed by atoms with Crippen LogP contribution in [0.3, 0.4) is 0 Å². The van der Waals surface area contributed by atoms with Gasteiger partial charge in [0.25, 0.3) is 0 Å². The van der Waals surface area contributed by atoms with E-state index in [2.05, 4.69) is 12.2 Å². The molecule has 0 spiro atoms. The van der Waals surface area contributed by atoms with E-state index >= 15 is 0 Å². The highest BCUT2D eigenvalue weighted by Crippen LogP contribution is 2.33. The molecule has 1 aromatic carbocycles. The summed E-state index contributed by atoms with van der Waals surface area (Å²) >= 11 is 6.04. The summed E-state index contributed by atoms with van der Waals surface area (Å²) in [6, 6.07) is 4.99. The smallest absolute Gasteiger partial charge is 0.128 e. The van der Waals surface area contributed by atoms with Gasteiger partial charge in [-0.3, -0.25) is 0 Å². The van der Waals surface area contributed by atoms with Gasteiger partial charge in [-0.25, -0.2) is 4.39 Å². The Bertz CT molecular complexity index is 415. The van der Waals surface area contributed by atoms with Crippen LogP contribution in [0.15, 0.2) is 18.2 Å². The molecule has 112 valence electrons. The van der Waals surface area contributed by atoms with Gasteiger partial charge in [-0.1, -0.05) is 50.6 Å². The standard InChI is InChI=1S/C17H25ClFN/c1-2-10-20-17(11-13-6-4-3-5-7-13)15-12-14(18)8-9-16(15)19/h8-9,12-13,17,20H,2-7,10-11H2,1H3. The summed E-state index contributed by atoms with van der Waals surface area (Å²) < 4.78 is 14.1. The Morgan fingerprint density at radius 1 is 1.30 bits per heavy atom. The van der Waals surface area contributed by atoms with Gasteiger partial charge in [-0.2, -0.15) is 0 Å². The third-order valence-corrected chi connectivity index (χ3v) is 4.50. The molecule has 1 aliphatic rings. The second-order valence-corrected chi connectivity index (χ2v) is 6.35. The Hall–Kier alpha value is -0.600. The Balaban J connectivity index is 2.10. The first-order valence-corrected chi connectivity index (χ1v) is 8.26. The van der Waals surface area contributed by atoms with Crippen LogP contribution in [-0.2, 0) is 0 Å². The SMILES string of the molecule is CCCNC(CC1CCCCC1)c1cc(Cl)ccc1F. The molecule has 1 saturated carbocycles. The number of halogens is 2. The summed E-state index contributed by atoms with van der Waals surface area (Å²) in [7, 11) is 0. The van der Waals surface area contributed by atoms with Crippen LogP contribution in [0.5, 0.6) is 0 Å². The van der Waals surface area contributed by atoms with E-state index < -0.39 is 0 Å². The summed E-state index contributed by atoms with van der Waals surface area (Å²) in [4.78, 5) is 0. The Morgan fingerprint density at radius 2 is 2.05 bits per heavy atom. The summed E-state index contributed by atoms with van der Waals surface area (Å²) in [5, 5.41) is 4.12. The molecule has 0 heterocycles. The second-order valence-electron chi connectivity index (χ2n) is 5.91. The highest BCUT2D eigenvalue weighted by molar-refractivity contribution is 6.30. The lowest BCUT2D eigenvalue weighted by Crippen LogP contribution is -2.26. The van der Waals surface area contributed by atoms with Crippen molar-refractivity contribution in [1.82, 2.24) is 5.32 Å². The second kappa shape index (κ2) is 7.99. The van der Waals surface area contributed by atoms with E-state index in [-0.39, 0.29) is 11.9 Å². The van der Waals surface area contributed by atoms with E-state index in [4.69, 9.17) is 11.6 Å². The van der Waals surface area contributed by atoms with Crippen LogP contribution in [-0.4, -0.2) is 6.54 Å². The molecular weight excluding hydrogens is 273 g/mol. The average Bonchev–Trinajstić information content (AvgIpc) is 2.47. The molecule has 0 aliphatic heterocycles. The predicted molar refractivity (Wildman–Crippen MR) is 83.6 cm³/mol. The van der Waals surface area contributed by atoms with Crippen molar-refractivity contribution in [2.45, 2.75) is 57.9 Å². The van der Waals surface area contributed by atoms with Crippen molar-refractivity contribution < 1.29 is 4.39 Å². The molecule has 1 unspecified atom stereocenters. The molecule has 0 saturated heterocycles. The zero-order chi connectivity index (χ0) is 14.4. The van der Waals surface area contributed by atoms with Crippen LogP contribution in [0, 0.1) is 11.7 Å². The lowest BCUT2D eigenvalue weighted by Gasteiger charge is -2.28. The van der Waals surface area contributed by atoms with Gasteiger partial charge in [0.1, 0.15) is 5.82 Å². The van der Waals surface area contributed by atoms with Crippen LogP contribution < -0.4 is 5.32 Å². The zero-order valence-electron chi connectivity index (χ0n) is 12.3. The van der Waals surface area contributed by atoms with Gasteiger partial charge in [0, 0.05) is 16.6 Å². The first-order valence-electron chi connectivity index (χ1n) is 7.89. The van der Waals surface area contributed by atoms with Gasteiger partial charge in [-0.15, -0.1) is 0 Å². The average molecular weight is 298 g/mol. The van der Waals surface area contributed by atoms with Crippen molar-refractivity contribution in [2.75, 3.05) is 6.54 Å². The summed E-state index contributed by atoms with van der Waals surface area (Å²) in [6.07, 6.45) is 8.65. The first kappa shape index (κ1) is 15.8. The largest absolute Gasteiger partial charge is 0.310 e. The number of hydrogen-bond acceptors (Lipinski definition) is 1. The number of benzene rings is 1. The van der Waals surface area contributed by atoms with Gasteiger partial charge in [0.05, 0.1) is 0 Å². The van der Waals surface area contributed by atoms with Crippen molar-refractivity contribution in [1.29, 1.82) is 0 Å². The van der Waals surface area contributed by atoms with E-state index in [0.717, 1.165) is 30.9 Å². The van der Waals surface area contributed by atoms with Gasteiger partial charge in [0.15, 0.2) is 0 Å². The minimum atomic E-state index is -0.140. The van der Waals surface area contributed by atoms with Gasteiger partial charge in [-0.05, 0) is 43.5 Å². The Morgan fingerprint density at radius 3 is 2.75 bits per heavy atom. The molecule has 0 bridgehead atoms. The molecule has 1 nitrogen and oxygen atoms in total. The Kier molecular flexibility index (Phi) is 6.31. The van der Waals surface area contributed by atoms with E-state index in [1.54, 1.807) is 12.1 Å². The minimum Gasteiger partial charge on any atom is -0.310 e. The molecular formula is C17H25ClFN. The summed E-state index contributed by atoms with van der Waals surface area (Å²) in [5.41, 5.74) is 0.733. The molecule has 1 N–H and O–H groups in total. The van der Waals surface area contributed by atoms with Crippen LogP contribution in [0.1, 0.15) is 63.5 Å². The van der Waals surface area contributed by atoms with Crippen molar-refractivity contribution in [3.63, 3.8) is 0 Å². The van der Waals surface area contributed by atoms with Crippen molar-refractivity contribution >= 4 is 11.6 Å². The van der Waals surface area contributed by atoms with Crippen LogP contribution in [0.25, 0.3) is 0 Å². The molecule has 0 aromatic heterocycles. The lowest BCUT2D eigenvalue weighted by molar-refractivity contribution is 0.297. The fourth-order valence-corrected chi connectivity index (χ4v) is 3.36. The number of rotatable bonds is 6. The Labute approximate surface area is 126 Å². The topological polar surface area (TPSA) is 12.0 Å². The molecule has 20 heavy (non-hydrogen) atoms. The van der Waals surface area contributed by atoms with Crippen LogP contribution in [0.4, 0.5) is 4.39 Å². The quantitative estimate of drug-likeness (QED) is 0.732. The highest BCUT2D eigenvalue weighted by atomic mass is 35.5. The van der Waals surface area contributed by atoms with Crippen molar-refractivity contribution in [3.8, 4) is 0 Å². The lowest BCUT2D eigenvalue weighted by atomic mass is 9.83. The third-order valence-electron chi connectivity index (χ3n) is 4.27. The van der Waals surface area contributed by atoms with E-state index in [1.807, 2.05) is 0 Å².